The lowest BCUT2D eigenvalue weighted by Crippen LogP contribution is -2.23. The number of hydrazone groups is 1. The van der Waals surface area contributed by atoms with Gasteiger partial charge in [0, 0.05) is 5.56 Å². The maximum Gasteiger partial charge on any atom is 0.261 e. The maximum atomic E-state index is 12.1. The molecule has 0 bridgehead atoms. The fraction of sp³-hybridized carbons (Fsp3) is 0.176. The lowest BCUT2D eigenvalue weighted by atomic mass is 10.2. The third-order valence-corrected chi connectivity index (χ3v) is 3.54. The normalized spacial score (nSPS) is 11.0. The molecule has 0 aliphatic carbocycles. The summed E-state index contributed by atoms with van der Waals surface area (Å²) < 4.78 is 11.9. The highest BCUT2D eigenvalue weighted by atomic mass is 16.5. The van der Waals surface area contributed by atoms with E-state index < -0.39 is 0 Å². The first kappa shape index (κ1) is 16.4. The number of benzene rings is 2. The van der Waals surface area contributed by atoms with E-state index in [9.17, 15) is 4.79 Å². The number of amides is 1. The molecular weight excluding hydrogens is 322 g/mol. The van der Waals surface area contributed by atoms with Crippen LogP contribution in [0.3, 0.4) is 0 Å². The Balaban J connectivity index is 1.67. The minimum Gasteiger partial charge on any atom is -0.497 e. The predicted octanol–water partition coefficient (Wildman–Crippen LogP) is 1.60. The molecule has 0 unspecified atom stereocenters. The van der Waals surface area contributed by atoms with Gasteiger partial charge in [0.25, 0.3) is 5.91 Å². The molecule has 0 saturated heterocycles. The number of hydrogen-bond acceptors (Lipinski definition) is 6. The molecule has 1 heterocycles. The fourth-order valence-corrected chi connectivity index (χ4v) is 2.32. The lowest BCUT2D eigenvalue weighted by Gasteiger charge is -2.06. The molecule has 0 atom stereocenters. The molecule has 8 heteroatoms. The van der Waals surface area contributed by atoms with Crippen molar-refractivity contribution in [1.82, 2.24) is 20.4 Å². The minimum absolute atomic E-state index is 0.0209. The van der Waals surface area contributed by atoms with Gasteiger partial charge in [0.1, 0.15) is 23.6 Å². The summed E-state index contributed by atoms with van der Waals surface area (Å²) in [5.74, 6) is 0.984. The minimum atomic E-state index is -0.311. The van der Waals surface area contributed by atoms with E-state index in [0.717, 1.165) is 11.0 Å². The van der Waals surface area contributed by atoms with E-state index in [4.69, 9.17) is 9.47 Å². The van der Waals surface area contributed by atoms with E-state index in [0.29, 0.717) is 17.1 Å². The van der Waals surface area contributed by atoms with Crippen LogP contribution in [0.5, 0.6) is 11.5 Å². The standard InChI is InChI=1S/C17H17N5O3/c1-24-13-7-8-16(25-2)12(9-13)10-18-20-17(23)11-22-15-6-4-3-5-14(15)19-21-22/h3-10H,11H2,1-2H3,(H,20,23)/b18-10+. The van der Waals surface area contributed by atoms with Crippen molar-refractivity contribution >= 4 is 23.2 Å². The van der Waals surface area contributed by atoms with Crippen LogP contribution in [-0.2, 0) is 11.3 Å². The van der Waals surface area contributed by atoms with Crippen LogP contribution in [0.15, 0.2) is 47.6 Å². The van der Waals surface area contributed by atoms with Crippen LogP contribution in [-0.4, -0.2) is 41.3 Å². The number of ether oxygens (including phenoxy) is 2. The molecule has 0 spiro atoms. The highest BCUT2D eigenvalue weighted by molar-refractivity contribution is 5.86. The molecule has 3 rings (SSSR count). The van der Waals surface area contributed by atoms with Gasteiger partial charge in [-0.1, -0.05) is 17.3 Å². The molecule has 3 aromatic rings. The zero-order valence-electron chi connectivity index (χ0n) is 13.8. The maximum absolute atomic E-state index is 12.1. The Labute approximate surface area is 144 Å². The number of aromatic nitrogens is 3. The van der Waals surface area contributed by atoms with Crippen LogP contribution in [0.2, 0.25) is 0 Å². The summed E-state index contributed by atoms with van der Waals surface area (Å²) in [5, 5.41) is 11.9. The van der Waals surface area contributed by atoms with Gasteiger partial charge in [0.2, 0.25) is 0 Å². The largest absolute Gasteiger partial charge is 0.497 e. The molecule has 128 valence electrons. The molecule has 0 aliphatic heterocycles. The van der Waals surface area contributed by atoms with Gasteiger partial charge in [-0.3, -0.25) is 4.79 Å². The van der Waals surface area contributed by atoms with Crippen molar-refractivity contribution in [3.8, 4) is 11.5 Å². The number of fused-ring (bicyclic) bond motifs is 1. The van der Waals surface area contributed by atoms with Gasteiger partial charge < -0.3 is 9.47 Å². The van der Waals surface area contributed by atoms with Crippen LogP contribution in [0, 0.1) is 0 Å². The van der Waals surface area contributed by atoms with E-state index in [1.807, 2.05) is 24.3 Å². The lowest BCUT2D eigenvalue weighted by molar-refractivity contribution is -0.121. The molecule has 0 saturated carbocycles. The second-order valence-electron chi connectivity index (χ2n) is 5.14. The monoisotopic (exact) mass is 339 g/mol. The molecule has 0 aliphatic rings. The topological polar surface area (TPSA) is 90.6 Å². The molecule has 0 radical (unpaired) electrons. The van der Waals surface area contributed by atoms with Crippen molar-refractivity contribution in [3.63, 3.8) is 0 Å². The Morgan fingerprint density at radius 1 is 1.24 bits per heavy atom. The Morgan fingerprint density at radius 2 is 2.08 bits per heavy atom. The Hall–Kier alpha value is -3.42. The summed E-state index contributed by atoms with van der Waals surface area (Å²) in [5.41, 5.74) is 4.68. The van der Waals surface area contributed by atoms with Gasteiger partial charge >= 0.3 is 0 Å². The SMILES string of the molecule is COc1ccc(OC)c(/C=N/NC(=O)Cn2nnc3ccccc32)c1. The zero-order valence-corrected chi connectivity index (χ0v) is 13.8. The number of methoxy groups -OCH3 is 2. The number of carbonyl (C=O) groups excluding carboxylic acids is 1. The first-order valence-electron chi connectivity index (χ1n) is 7.53. The first-order valence-corrected chi connectivity index (χ1v) is 7.53. The quantitative estimate of drug-likeness (QED) is 0.544. The molecule has 0 fully saturated rings. The van der Waals surface area contributed by atoms with Gasteiger partial charge in [-0.25, -0.2) is 10.1 Å². The van der Waals surface area contributed by atoms with E-state index in [1.54, 1.807) is 32.4 Å². The molecule has 1 N–H and O–H groups in total. The van der Waals surface area contributed by atoms with E-state index in [-0.39, 0.29) is 12.5 Å². The summed E-state index contributed by atoms with van der Waals surface area (Å²) in [6.45, 7) is 0.0209. The summed E-state index contributed by atoms with van der Waals surface area (Å²) >= 11 is 0. The summed E-state index contributed by atoms with van der Waals surface area (Å²) in [6.07, 6.45) is 1.50. The third kappa shape index (κ3) is 3.74. The number of nitrogens with one attached hydrogen (secondary N) is 1. The number of rotatable bonds is 6. The Bertz CT molecular complexity index is 920. The van der Waals surface area contributed by atoms with Crippen molar-refractivity contribution in [2.45, 2.75) is 6.54 Å². The van der Waals surface area contributed by atoms with E-state index in [2.05, 4.69) is 20.8 Å². The summed E-state index contributed by atoms with van der Waals surface area (Å²) in [6, 6.07) is 12.7. The second kappa shape index (κ2) is 7.43. The summed E-state index contributed by atoms with van der Waals surface area (Å²) in [7, 11) is 3.14. The number of nitrogens with zero attached hydrogens (tertiary/aromatic N) is 4. The second-order valence-corrected chi connectivity index (χ2v) is 5.14. The van der Waals surface area contributed by atoms with Gasteiger partial charge in [-0.05, 0) is 30.3 Å². The molecule has 8 nitrogen and oxygen atoms in total. The molecule has 1 amide bonds. The predicted molar refractivity (Wildman–Crippen MR) is 92.8 cm³/mol. The van der Waals surface area contributed by atoms with Crippen molar-refractivity contribution in [2.75, 3.05) is 14.2 Å². The van der Waals surface area contributed by atoms with Gasteiger partial charge in [-0.2, -0.15) is 5.10 Å². The van der Waals surface area contributed by atoms with Crippen molar-refractivity contribution < 1.29 is 14.3 Å². The van der Waals surface area contributed by atoms with Crippen LogP contribution in [0.1, 0.15) is 5.56 Å². The molecular formula is C17H17N5O3. The number of para-hydroxylation sites is 1. The zero-order chi connectivity index (χ0) is 17.6. The van der Waals surface area contributed by atoms with Crippen LogP contribution >= 0.6 is 0 Å². The number of hydrogen-bond donors (Lipinski definition) is 1. The van der Waals surface area contributed by atoms with Crippen molar-refractivity contribution in [1.29, 1.82) is 0 Å². The smallest absolute Gasteiger partial charge is 0.261 e. The van der Waals surface area contributed by atoms with Gasteiger partial charge in [-0.15, -0.1) is 5.10 Å². The third-order valence-electron chi connectivity index (χ3n) is 3.54. The van der Waals surface area contributed by atoms with E-state index >= 15 is 0 Å². The van der Waals surface area contributed by atoms with Gasteiger partial charge in [0.05, 0.1) is 26.0 Å². The van der Waals surface area contributed by atoms with Crippen molar-refractivity contribution in [2.24, 2.45) is 5.10 Å². The average molecular weight is 339 g/mol. The Kier molecular flexibility index (Phi) is 4.89. The molecule has 25 heavy (non-hydrogen) atoms. The first-order chi connectivity index (χ1) is 12.2. The average Bonchev–Trinajstić information content (AvgIpc) is 3.04. The van der Waals surface area contributed by atoms with Crippen LogP contribution < -0.4 is 14.9 Å². The van der Waals surface area contributed by atoms with Crippen LogP contribution in [0.4, 0.5) is 0 Å². The molecule has 2 aromatic carbocycles. The Morgan fingerprint density at radius 3 is 2.88 bits per heavy atom. The highest BCUT2D eigenvalue weighted by Gasteiger charge is 2.08. The summed E-state index contributed by atoms with van der Waals surface area (Å²) in [4.78, 5) is 12.1. The molecule has 1 aromatic heterocycles. The van der Waals surface area contributed by atoms with Crippen LogP contribution in [0.25, 0.3) is 11.0 Å². The van der Waals surface area contributed by atoms with E-state index in [1.165, 1.54) is 10.9 Å². The fourth-order valence-electron chi connectivity index (χ4n) is 2.32. The van der Waals surface area contributed by atoms with Gasteiger partial charge in [0.15, 0.2) is 0 Å². The highest BCUT2D eigenvalue weighted by Crippen LogP contribution is 2.22. The number of carbonyl (C=O) groups is 1. The van der Waals surface area contributed by atoms with Crippen molar-refractivity contribution in [3.05, 3.63) is 48.0 Å².